The summed E-state index contributed by atoms with van der Waals surface area (Å²) in [5.41, 5.74) is 6.37. The summed E-state index contributed by atoms with van der Waals surface area (Å²) >= 11 is 0. The molecule has 0 spiro atoms. The molecule has 0 aliphatic rings. The van der Waals surface area contributed by atoms with Crippen molar-refractivity contribution in [2.45, 2.75) is 46.0 Å². The number of hydrogen-bond acceptors (Lipinski definition) is 3. The van der Waals surface area contributed by atoms with Gasteiger partial charge >= 0.3 is 0 Å². The van der Waals surface area contributed by atoms with Crippen molar-refractivity contribution in [2.75, 3.05) is 25.4 Å². The molecule has 1 aromatic carbocycles. The SMILES string of the molecule is CCCCN(CCCC)C(=O)CCOc1cccc(N)c1. The molecular formula is C17H28N2O2. The summed E-state index contributed by atoms with van der Waals surface area (Å²) in [7, 11) is 0. The molecule has 0 atom stereocenters. The van der Waals surface area contributed by atoms with Gasteiger partial charge in [-0.2, -0.15) is 0 Å². The van der Waals surface area contributed by atoms with Crippen molar-refractivity contribution >= 4 is 11.6 Å². The van der Waals surface area contributed by atoms with E-state index in [1.165, 1.54) is 0 Å². The molecule has 4 heteroatoms. The van der Waals surface area contributed by atoms with Crippen LogP contribution in [0.2, 0.25) is 0 Å². The van der Waals surface area contributed by atoms with Gasteiger partial charge in [0.2, 0.25) is 5.91 Å². The summed E-state index contributed by atoms with van der Waals surface area (Å²) in [5.74, 6) is 0.900. The van der Waals surface area contributed by atoms with E-state index in [1.807, 2.05) is 23.1 Å². The van der Waals surface area contributed by atoms with Crippen molar-refractivity contribution < 1.29 is 9.53 Å². The van der Waals surface area contributed by atoms with Crippen LogP contribution in [0.5, 0.6) is 5.75 Å². The zero-order valence-corrected chi connectivity index (χ0v) is 13.3. The average Bonchev–Trinajstić information content (AvgIpc) is 2.47. The standard InChI is InChI=1S/C17H28N2O2/c1-3-5-11-19(12-6-4-2)17(20)10-13-21-16-9-7-8-15(18)14-16/h7-9,14H,3-6,10-13,18H2,1-2H3. The monoisotopic (exact) mass is 292 g/mol. The average molecular weight is 292 g/mol. The predicted molar refractivity (Wildman–Crippen MR) is 87.4 cm³/mol. The molecule has 0 saturated carbocycles. The van der Waals surface area contributed by atoms with E-state index in [2.05, 4.69) is 13.8 Å². The number of nitrogen functional groups attached to an aromatic ring is 1. The molecular weight excluding hydrogens is 264 g/mol. The summed E-state index contributed by atoms with van der Waals surface area (Å²) < 4.78 is 5.59. The molecule has 1 amide bonds. The number of nitrogens with zero attached hydrogens (tertiary/aromatic N) is 1. The molecule has 21 heavy (non-hydrogen) atoms. The number of benzene rings is 1. The van der Waals surface area contributed by atoms with Crippen molar-refractivity contribution in [1.29, 1.82) is 0 Å². The van der Waals surface area contributed by atoms with Crippen molar-refractivity contribution in [3.8, 4) is 5.75 Å². The first-order chi connectivity index (χ1) is 10.2. The zero-order valence-electron chi connectivity index (χ0n) is 13.3. The quantitative estimate of drug-likeness (QED) is 0.672. The van der Waals surface area contributed by atoms with Gasteiger partial charge < -0.3 is 15.4 Å². The van der Waals surface area contributed by atoms with Gasteiger partial charge in [0.1, 0.15) is 5.75 Å². The number of carbonyl (C=O) groups is 1. The maximum absolute atomic E-state index is 12.2. The van der Waals surface area contributed by atoms with Gasteiger partial charge in [0, 0.05) is 24.8 Å². The summed E-state index contributed by atoms with van der Waals surface area (Å²) in [6.45, 7) is 6.40. The van der Waals surface area contributed by atoms with Crippen molar-refractivity contribution in [3.05, 3.63) is 24.3 Å². The van der Waals surface area contributed by atoms with Crippen LogP contribution >= 0.6 is 0 Å². The fraction of sp³-hybridized carbons (Fsp3) is 0.588. The van der Waals surface area contributed by atoms with Crippen LogP contribution in [0.25, 0.3) is 0 Å². The van der Waals surface area contributed by atoms with Crippen molar-refractivity contribution in [1.82, 2.24) is 4.90 Å². The fourth-order valence-electron chi connectivity index (χ4n) is 2.08. The van der Waals surface area contributed by atoms with Gasteiger partial charge in [-0.1, -0.05) is 32.8 Å². The number of unbranched alkanes of at least 4 members (excludes halogenated alkanes) is 2. The molecule has 0 radical (unpaired) electrons. The lowest BCUT2D eigenvalue weighted by molar-refractivity contribution is -0.131. The van der Waals surface area contributed by atoms with Crippen LogP contribution in [-0.4, -0.2) is 30.5 Å². The van der Waals surface area contributed by atoms with E-state index in [0.29, 0.717) is 18.7 Å². The minimum absolute atomic E-state index is 0.181. The fourth-order valence-corrected chi connectivity index (χ4v) is 2.08. The molecule has 0 fully saturated rings. The first-order valence-electron chi connectivity index (χ1n) is 7.93. The Morgan fingerprint density at radius 1 is 1.19 bits per heavy atom. The molecule has 0 bridgehead atoms. The van der Waals surface area contributed by atoms with Gasteiger partial charge in [0.15, 0.2) is 0 Å². The van der Waals surface area contributed by atoms with E-state index in [9.17, 15) is 4.79 Å². The van der Waals surface area contributed by atoms with Gasteiger partial charge in [-0.3, -0.25) is 4.79 Å². The van der Waals surface area contributed by atoms with E-state index < -0.39 is 0 Å². The van der Waals surface area contributed by atoms with Crippen LogP contribution in [0.15, 0.2) is 24.3 Å². The summed E-state index contributed by atoms with van der Waals surface area (Å²) in [6, 6.07) is 7.29. The van der Waals surface area contributed by atoms with E-state index in [1.54, 1.807) is 6.07 Å². The second-order valence-electron chi connectivity index (χ2n) is 5.26. The summed E-state index contributed by atoms with van der Waals surface area (Å²) in [6.07, 6.45) is 4.75. The molecule has 0 unspecified atom stereocenters. The van der Waals surface area contributed by atoms with Crippen LogP contribution in [0.4, 0.5) is 5.69 Å². The van der Waals surface area contributed by atoms with Crippen LogP contribution in [0, 0.1) is 0 Å². The minimum atomic E-state index is 0.181. The largest absolute Gasteiger partial charge is 0.493 e. The van der Waals surface area contributed by atoms with Crippen molar-refractivity contribution in [2.24, 2.45) is 0 Å². The predicted octanol–water partition coefficient (Wildman–Crippen LogP) is 3.47. The number of nitrogens with two attached hydrogens (primary N) is 1. The second kappa shape index (κ2) is 10.1. The topological polar surface area (TPSA) is 55.6 Å². The molecule has 2 N–H and O–H groups in total. The Hall–Kier alpha value is -1.71. The molecule has 1 aromatic rings. The number of carbonyl (C=O) groups excluding carboxylic acids is 1. The van der Waals surface area contributed by atoms with E-state index in [4.69, 9.17) is 10.5 Å². The van der Waals surface area contributed by atoms with Crippen LogP contribution in [0.3, 0.4) is 0 Å². The third kappa shape index (κ3) is 7.02. The van der Waals surface area contributed by atoms with E-state index in [0.717, 1.165) is 44.5 Å². The van der Waals surface area contributed by atoms with E-state index in [-0.39, 0.29) is 5.91 Å². The molecule has 0 saturated heterocycles. The number of rotatable bonds is 10. The van der Waals surface area contributed by atoms with Gasteiger partial charge in [-0.25, -0.2) is 0 Å². The molecule has 4 nitrogen and oxygen atoms in total. The Morgan fingerprint density at radius 2 is 1.86 bits per heavy atom. The lowest BCUT2D eigenvalue weighted by Crippen LogP contribution is -2.33. The van der Waals surface area contributed by atoms with Gasteiger partial charge in [-0.05, 0) is 25.0 Å². The Balaban J connectivity index is 2.37. The van der Waals surface area contributed by atoms with Gasteiger partial charge in [0.05, 0.1) is 13.0 Å². The highest BCUT2D eigenvalue weighted by Gasteiger charge is 2.12. The molecule has 118 valence electrons. The van der Waals surface area contributed by atoms with Crippen molar-refractivity contribution in [3.63, 3.8) is 0 Å². The highest BCUT2D eigenvalue weighted by Crippen LogP contribution is 2.14. The minimum Gasteiger partial charge on any atom is -0.493 e. The third-order valence-electron chi connectivity index (χ3n) is 3.36. The van der Waals surface area contributed by atoms with Crippen LogP contribution < -0.4 is 10.5 Å². The normalized spacial score (nSPS) is 10.4. The zero-order chi connectivity index (χ0) is 15.5. The Labute approximate surface area is 128 Å². The lowest BCUT2D eigenvalue weighted by atomic mass is 10.2. The Bertz CT molecular complexity index is 413. The van der Waals surface area contributed by atoms with E-state index >= 15 is 0 Å². The van der Waals surface area contributed by atoms with Crippen LogP contribution in [0.1, 0.15) is 46.0 Å². The highest BCUT2D eigenvalue weighted by molar-refractivity contribution is 5.76. The summed E-state index contributed by atoms with van der Waals surface area (Å²) in [5, 5.41) is 0. The first-order valence-corrected chi connectivity index (χ1v) is 7.93. The molecule has 0 aliphatic carbocycles. The molecule has 1 rings (SSSR count). The number of ether oxygens (including phenoxy) is 1. The maximum Gasteiger partial charge on any atom is 0.225 e. The smallest absolute Gasteiger partial charge is 0.225 e. The molecule has 0 heterocycles. The first kappa shape index (κ1) is 17.3. The number of amides is 1. The lowest BCUT2D eigenvalue weighted by Gasteiger charge is -2.22. The molecule has 0 aromatic heterocycles. The Morgan fingerprint density at radius 3 is 2.43 bits per heavy atom. The molecule has 0 aliphatic heterocycles. The van der Waals surface area contributed by atoms with Gasteiger partial charge in [-0.15, -0.1) is 0 Å². The maximum atomic E-state index is 12.2. The highest BCUT2D eigenvalue weighted by atomic mass is 16.5. The number of anilines is 1. The third-order valence-corrected chi connectivity index (χ3v) is 3.36. The second-order valence-corrected chi connectivity index (χ2v) is 5.26. The number of hydrogen-bond donors (Lipinski definition) is 1. The Kier molecular flexibility index (Phi) is 8.32. The van der Waals surface area contributed by atoms with Crippen LogP contribution in [-0.2, 0) is 4.79 Å². The van der Waals surface area contributed by atoms with Gasteiger partial charge in [0.25, 0.3) is 0 Å². The summed E-state index contributed by atoms with van der Waals surface area (Å²) in [4.78, 5) is 14.2.